The van der Waals surface area contributed by atoms with Crippen molar-refractivity contribution >= 4 is 7.82 Å². The molecule has 2 N–H and O–H groups in total. The van der Waals surface area contributed by atoms with Crippen molar-refractivity contribution in [3.05, 3.63) is 0 Å². The fourth-order valence-electron chi connectivity index (χ4n) is 1.30. The molecule has 0 aliphatic rings. The normalized spacial score (nSPS) is 14.5. The molecule has 80 valence electrons. The fourth-order valence-corrected chi connectivity index (χ4v) is 1.64. The summed E-state index contributed by atoms with van der Waals surface area (Å²) < 4.78 is 14.7. The molecule has 0 spiro atoms. The van der Waals surface area contributed by atoms with Gasteiger partial charge in [0.25, 0.3) is 0 Å². The molecule has 5 heteroatoms. The van der Waals surface area contributed by atoms with Gasteiger partial charge in [-0.2, -0.15) is 0 Å². The Bertz CT molecular complexity index is 166. The van der Waals surface area contributed by atoms with Crippen LogP contribution in [0.3, 0.4) is 0 Å². The van der Waals surface area contributed by atoms with E-state index in [1.165, 1.54) is 0 Å². The molecule has 0 aliphatic heterocycles. The molecule has 0 aliphatic carbocycles. The van der Waals surface area contributed by atoms with Gasteiger partial charge in [-0.3, -0.25) is 4.52 Å². The van der Waals surface area contributed by atoms with Crippen molar-refractivity contribution in [2.75, 3.05) is 6.61 Å². The van der Waals surface area contributed by atoms with E-state index in [0.29, 0.717) is 5.92 Å². The van der Waals surface area contributed by atoms with Crippen LogP contribution in [0.2, 0.25) is 0 Å². The molecule has 0 fully saturated rings. The third kappa shape index (κ3) is 8.44. The minimum Gasteiger partial charge on any atom is -0.303 e. The van der Waals surface area contributed by atoms with Gasteiger partial charge in [-0.15, -0.1) is 0 Å². The molecule has 1 atom stereocenters. The smallest absolute Gasteiger partial charge is 0.303 e. The zero-order chi connectivity index (χ0) is 10.3. The summed E-state index contributed by atoms with van der Waals surface area (Å²) in [6.07, 6.45) is 3.98. The van der Waals surface area contributed by atoms with Crippen LogP contribution >= 0.6 is 7.82 Å². The van der Waals surface area contributed by atoms with Crippen molar-refractivity contribution in [1.29, 1.82) is 0 Å². The van der Waals surface area contributed by atoms with Gasteiger partial charge in [0.05, 0.1) is 6.61 Å². The Morgan fingerprint density at radius 2 is 1.92 bits per heavy atom. The second kappa shape index (κ2) is 6.55. The maximum Gasteiger partial charge on any atom is 0.469 e. The Morgan fingerprint density at radius 1 is 1.31 bits per heavy atom. The van der Waals surface area contributed by atoms with Gasteiger partial charge in [-0.1, -0.05) is 33.1 Å². The number of hydrogen-bond acceptors (Lipinski definition) is 2. The summed E-state index contributed by atoms with van der Waals surface area (Å²) in [5.74, 6) is 0.525. The number of phosphoric acid groups is 1. The highest BCUT2D eigenvalue weighted by molar-refractivity contribution is 7.46. The van der Waals surface area contributed by atoms with E-state index < -0.39 is 7.82 Å². The quantitative estimate of drug-likeness (QED) is 0.633. The van der Waals surface area contributed by atoms with Crippen LogP contribution < -0.4 is 0 Å². The minimum absolute atomic E-state index is 0.156. The van der Waals surface area contributed by atoms with Gasteiger partial charge < -0.3 is 9.79 Å². The Labute approximate surface area is 79.5 Å². The third-order valence-corrected chi connectivity index (χ3v) is 2.58. The van der Waals surface area contributed by atoms with Crippen molar-refractivity contribution in [2.45, 2.75) is 39.5 Å². The lowest BCUT2D eigenvalue weighted by atomic mass is 9.98. The predicted octanol–water partition coefficient (Wildman–Crippen LogP) is 2.31. The van der Waals surface area contributed by atoms with E-state index in [0.717, 1.165) is 25.7 Å². The maximum absolute atomic E-state index is 10.3. The van der Waals surface area contributed by atoms with Gasteiger partial charge in [0.15, 0.2) is 0 Å². The van der Waals surface area contributed by atoms with Gasteiger partial charge in [0, 0.05) is 0 Å². The molecule has 0 radical (unpaired) electrons. The van der Waals surface area contributed by atoms with Gasteiger partial charge in [0.2, 0.25) is 0 Å². The standard InChI is InChI=1S/C8H19O4P/c1-3-5-8(4-2)6-7-12-13(9,10)11/h8H,3-7H2,1-2H3,(H2,9,10,11). The summed E-state index contributed by atoms with van der Waals surface area (Å²) in [6.45, 7) is 4.34. The van der Waals surface area contributed by atoms with Gasteiger partial charge in [0.1, 0.15) is 0 Å². The first kappa shape index (κ1) is 13.1. The molecule has 0 amide bonds. The van der Waals surface area contributed by atoms with Gasteiger partial charge >= 0.3 is 7.82 Å². The molecular weight excluding hydrogens is 191 g/mol. The number of hydrogen-bond donors (Lipinski definition) is 2. The molecule has 0 rings (SSSR count). The molecule has 0 bridgehead atoms. The molecule has 1 unspecified atom stereocenters. The van der Waals surface area contributed by atoms with Crippen LogP contribution in [0.15, 0.2) is 0 Å². The molecule has 13 heavy (non-hydrogen) atoms. The van der Waals surface area contributed by atoms with Crippen molar-refractivity contribution in [2.24, 2.45) is 5.92 Å². The van der Waals surface area contributed by atoms with Gasteiger partial charge in [-0.25, -0.2) is 4.57 Å². The van der Waals surface area contributed by atoms with E-state index in [1.807, 2.05) is 0 Å². The molecule has 0 aromatic carbocycles. The number of rotatable bonds is 7. The average molecular weight is 210 g/mol. The fraction of sp³-hybridized carbons (Fsp3) is 1.00. The lowest BCUT2D eigenvalue weighted by Gasteiger charge is -2.13. The second-order valence-electron chi connectivity index (χ2n) is 3.18. The lowest BCUT2D eigenvalue weighted by Crippen LogP contribution is -2.03. The molecule has 4 nitrogen and oxygen atoms in total. The van der Waals surface area contributed by atoms with Crippen molar-refractivity contribution < 1.29 is 18.9 Å². The Kier molecular flexibility index (Phi) is 6.60. The van der Waals surface area contributed by atoms with Crippen LogP contribution in [-0.4, -0.2) is 16.4 Å². The maximum atomic E-state index is 10.3. The Balaban J connectivity index is 3.55. The van der Waals surface area contributed by atoms with E-state index in [2.05, 4.69) is 18.4 Å². The molecular formula is C8H19O4P. The van der Waals surface area contributed by atoms with Crippen LogP contribution in [0.1, 0.15) is 39.5 Å². The van der Waals surface area contributed by atoms with Crippen molar-refractivity contribution in [1.82, 2.24) is 0 Å². The summed E-state index contributed by atoms with van der Waals surface area (Å²) in [5.41, 5.74) is 0. The first-order valence-electron chi connectivity index (χ1n) is 4.69. The van der Waals surface area contributed by atoms with Crippen molar-refractivity contribution in [3.63, 3.8) is 0 Å². The average Bonchev–Trinajstić information content (AvgIpc) is 2.01. The zero-order valence-electron chi connectivity index (χ0n) is 8.27. The zero-order valence-corrected chi connectivity index (χ0v) is 9.17. The molecule has 0 heterocycles. The van der Waals surface area contributed by atoms with E-state index in [9.17, 15) is 4.57 Å². The third-order valence-electron chi connectivity index (χ3n) is 2.06. The Hall–Kier alpha value is 0.110. The Morgan fingerprint density at radius 3 is 2.31 bits per heavy atom. The largest absolute Gasteiger partial charge is 0.469 e. The topological polar surface area (TPSA) is 66.8 Å². The van der Waals surface area contributed by atoms with Gasteiger partial charge in [-0.05, 0) is 12.3 Å². The van der Waals surface area contributed by atoms with Crippen LogP contribution in [0.4, 0.5) is 0 Å². The molecule has 0 aromatic rings. The summed E-state index contributed by atoms with van der Waals surface area (Å²) in [6, 6.07) is 0. The molecule has 0 saturated carbocycles. The minimum atomic E-state index is -4.25. The van der Waals surface area contributed by atoms with E-state index in [4.69, 9.17) is 9.79 Å². The van der Waals surface area contributed by atoms with Crippen LogP contribution in [0.5, 0.6) is 0 Å². The lowest BCUT2D eigenvalue weighted by molar-refractivity contribution is 0.181. The van der Waals surface area contributed by atoms with E-state index >= 15 is 0 Å². The summed E-state index contributed by atoms with van der Waals surface area (Å²) >= 11 is 0. The first-order chi connectivity index (χ1) is 5.99. The molecule has 0 saturated heterocycles. The number of phosphoric ester groups is 1. The highest BCUT2D eigenvalue weighted by atomic mass is 31.2. The molecule has 0 aromatic heterocycles. The van der Waals surface area contributed by atoms with Crippen LogP contribution in [0.25, 0.3) is 0 Å². The summed E-state index contributed by atoms with van der Waals surface area (Å²) in [4.78, 5) is 16.8. The van der Waals surface area contributed by atoms with E-state index in [1.54, 1.807) is 0 Å². The van der Waals surface area contributed by atoms with E-state index in [-0.39, 0.29) is 6.61 Å². The monoisotopic (exact) mass is 210 g/mol. The summed E-state index contributed by atoms with van der Waals surface area (Å²) in [7, 11) is -4.25. The first-order valence-corrected chi connectivity index (χ1v) is 6.22. The summed E-state index contributed by atoms with van der Waals surface area (Å²) in [5, 5.41) is 0. The second-order valence-corrected chi connectivity index (χ2v) is 4.41. The van der Waals surface area contributed by atoms with Crippen LogP contribution in [-0.2, 0) is 9.09 Å². The SMILES string of the molecule is CCCC(CC)CCOP(=O)(O)O. The highest BCUT2D eigenvalue weighted by Gasteiger charge is 2.14. The van der Waals surface area contributed by atoms with Crippen molar-refractivity contribution in [3.8, 4) is 0 Å². The predicted molar refractivity (Wildman–Crippen MR) is 51.3 cm³/mol. The van der Waals surface area contributed by atoms with Crippen LogP contribution in [0, 0.1) is 5.92 Å². The highest BCUT2D eigenvalue weighted by Crippen LogP contribution is 2.36.